The van der Waals surface area contributed by atoms with Gasteiger partial charge in [-0.3, -0.25) is 4.79 Å². The smallest absolute Gasteiger partial charge is 0.338 e. The number of rotatable bonds is 7. The highest BCUT2D eigenvalue weighted by atomic mass is 35.5. The van der Waals surface area contributed by atoms with Gasteiger partial charge >= 0.3 is 5.97 Å². The van der Waals surface area contributed by atoms with Crippen LogP contribution in [0.15, 0.2) is 42.5 Å². The summed E-state index contributed by atoms with van der Waals surface area (Å²) in [5.74, 6) is -0.617. The van der Waals surface area contributed by atoms with E-state index < -0.39 is 23.4 Å². The molecule has 0 radical (unpaired) electrons. The molecule has 20 heavy (non-hydrogen) atoms. The number of hydrogen-bond donors (Lipinski definition) is 0. The summed E-state index contributed by atoms with van der Waals surface area (Å²) in [5, 5.41) is -0.776. The Bertz CT molecular complexity index is 484. The van der Waals surface area contributed by atoms with Crippen LogP contribution in [-0.2, 0) is 14.3 Å². The van der Waals surface area contributed by atoms with Crippen molar-refractivity contribution in [2.45, 2.75) is 25.6 Å². The molecule has 108 valence electrons. The van der Waals surface area contributed by atoms with Gasteiger partial charge in [-0.15, -0.1) is 6.58 Å². The molecule has 0 bridgehead atoms. The number of halogens is 1. The highest BCUT2D eigenvalue weighted by molar-refractivity contribution is 6.64. The third-order valence-corrected chi connectivity index (χ3v) is 2.87. The van der Waals surface area contributed by atoms with E-state index in [1.54, 1.807) is 37.3 Å². The van der Waals surface area contributed by atoms with Crippen LogP contribution in [0, 0.1) is 0 Å². The molecule has 1 aromatic carbocycles. The SMILES string of the molecule is C=C(C)CC(OC)[C@H](OC(=O)c1ccccc1)C(=O)Cl. The molecule has 0 N–H and O–H groups in total. The first-order chi connectivity index (χ1) is 9.45. The maximum atomic E-state index is 12.0. The number of ether oxygens (including phenoxy) is 2. The van der Waals surface area contributed by atoms with E-state index in [1.165, 1.54) is 7.11 Å². The lowest BCUT2D eigenvalue weighted by Gasteiger charge is -2.23. The van der Waals surface area contributed by atoms with Gasteiger partial charge in [0.25, 0.3) is 5.24 Å². The zero-order valence-electron chi connectivity index (χ0n) is 11.5. The second-order valence-electron chi connectivity index (χ2n) is 4.43. The second kappa shape index (κ2) is 7.82. The van der Waals surface area contributed by atoms with Crippen LogP contribution < -0.4 is 0 Å². The van der Waals surface area contributed by atoms with Gasteiger partial charge in [-0.2, -0.15) is 0 Å². The fourth-order valence-electron chi connectivity index (χ4n) is 1.68. The average molecular weight is 297 g/mol. The molecule has 0 aromatic heterocycles. The van der Waals surface area contributed by atoms with E-state index in [9.17, 15) is 9.59 Å². The van der Waals surface area contributed by atoms with Crippen LogP contribution in [0.5, 0.6) is 0 Å². The van der Waals surface area contributed by atoms with Crippen molar-refractivity contribution in [1.29, 1.82) is 0 Å². The largest absolute Gasteiger partial charge is 0.447 e. The van der Waals surface area contributed by atoms with Crippen molar-refractivity contribution >= 4 is 22.8 Å². The molecule has 2 atom stereocenters. The van der Waals surface area contributed by atoms with E-state index in [2.05, 4.69) is 6.58 Å². The van der Waals surface area contributed by atoms with Crippen LogP contribution in [-0.4, -0.2) is 30.5 Å². The van der Waals surface area contributed by atoms with Crippen molar-refractivity contribution in [2.75, 3.05) is 7.11 Å². The van der Waals surface area contributed by atoms with Gasteiger partial charge in [-0.05, 0) is 37.1 Å². The Labute approximate surface area is 123 Å². The number of carbonyl (C=O) groups excluding carboxylic acids is 2. The van der Waals surface area contributed by atoms with Crippen molar-refractivity contribution in [1.82, 2.24) is 0 Å². The highest BCUT2D eigenvalue weighted by Gasteiger charge is 2.31. The lowest BCUT2D eigenvalue weighted by molar-refractivity contribution is -0.127. The van der Waals surface area contributed by atoms with Crippen molar-refractivity contribution < 1.29 is 19.1 Å². The van der Waals surface area contributed by atoms with Crippen molar-refractivity contribution in [2.24, 2.45) is 0 Å². The Morgan fingerprint density at radius 3 is 2.35 bits per heavy atom. The van der Waals surface area contributed by atoms with E-state index in [0.717, 1.165) is 5.57 Å². The van der Waals surface area contributed by atoms with Gasteiger partial charge in [0.2, 0.25) is 6.10 Å². The molecule has 0 aliphatic heterocycles. The van der Waals surface area contributed by atoms with Gasteiger partial charge < -0.3 is 9.47 Å². The minimum atomic E-state index is -1.16. The summed E-state index contributed by atoms with van der Waals surface area (Å²) in [6.45, 7) is 5.54. The summed E-state index contributed by atoms with van der Waals surface area (Å²) in [6.07, 6.45) is -1.43. The van der Waals surface area contributed by atoms with Crippen LogP contribution in [0.1, 0.15) is 23.7 Å². The van der Waals surface area contributed by atoms with Crippen LogP contribution >= 0.6 is 11.6 Å². The number of benzene rings is 1. The molecule has 1 aromatic rings. The maximum absolute atomic E-state index is 12.0. The first kappa shape index (κ1) is 16.4. The Kier molecular flexibility index (Phi) is 6.42. The standard InChI is InChI=1S/C15H17ClO4/c1-10(2)9-12(19-3)13(14(16)17)20-15(18)11-7-5-4-6-8-11/h4-8,12-13H,1,9H2,2-3H3/t12?,13-/m0/s1. The predicted molar refractivity (Wildman–Crippen MR) is 76.7 cm³/mol. The molecular formula is C15H17ClO4. The third kappa shape index (κ3) is 4.79. The predicted octanol–water partition coefficient (Wildman–Crippen LogP) is 2.96. The third-order valence-electron chi connectivity index (χ3n) is 2.66. The van der Waals surface area contributed by atoms with Crippen molar-refractivity contribution in [3.05, 3.63) is 48.0 Å². The number of methoxy groups -OCH3 is 1. The zero-order valence-corrected chi connectivity index (χ0v) is 12.2. The highest BCUT2D eigenvalue weighted by Crippen LogP contribution is 2.17. The Morgan fingerprint density at radius 2 is 1.90 bits per heavy atom. The fraction of sp³-hybridized carbons (Fsp3) is 0.333. The fourth-order valence-corrected chi connectivity index (χ4v) is 1.87. The molecule has 0 aliphatic rings. The lowest BCUT2D eigenvalue weighted by atomic mass is 10.1. The van der Waals surface area contributed by atoms with Crippen LogP contribution in [0.25, 0.3) is 0 Å². The molecule has 0 saturated carbocycles. The van der Waals surface area contributed by atoms with E-state index in [4.69, 9.17) is 21.1 Å². The Morgan fingerprint density at radius 1 is 1.30 bits per heavy atom. The summed E-state index contributed by atoms with van der Waals surface area (Å²) in [5.41, 5.74) is 1.15. The van der Waals surface area contributed by atoms with Crippen molar-refractivity contribution in [3.63, 3.8) is 0 Å². The van der Waals surface area contributed by atoms with Crippen molar-refractivity contribution in [3.8, 4) is 0 Å². The van der Waals surface area contributed by atoms with Gasteiger partial charge in [0.15, 0.2) is 0 Å². The zero-order chi connectivity index (χ0) is 15.1. The average Bonchev–Trinajstić information content (AvgIpc) is 2.42. The summed E-state index contributed by atoms with van der Waals surface area (Å²) >= 11 is 5.51. The lowest BCUT2D eigenvalue weighted by Crippen LogP contribution is -2.37. The first-order valence-electron chi connectivity index (χ1n) is 6.08. The summed E-state index contributed by atoms with van der Waals surface area (Å²) in [4.78, 5) is 23.4. The van der Waals surface area contributed by atoms with Crippen LogP contribution in [0.3, 0.4) is 0 Å². The molecular weight excluding hydrogens is 280 g/mol. The molecule has 0 amide bonds. The maximum Gasteiger partial charge on any atom is 0.338 e. The number of esters is 1. The second-order valence-corrected chi connectivity index (χ2v) is 4.80. The van der Waals surface area contributed by atoms with Crippen LogP contribution in [0.4, 0.5) is 0 Å². The van der Waals surface area contributed by atoms with Crippen LogP contribution in [0.2, 0.25) is 0 Å². The van der Waals surface area contributed by atoms with Gasteiger partial charge in [-0.25, -0.2) is 4.79 Å². The summed E-state index contributed by atoms with van der Waals surface area (Å²) in [6, 6.07) is 8.38. The van der Waals surface area contributed by atoms with Gasteiger partial charge in [0.05, 0.1) is 5.56 Å². The van der Waals surface area contributed by atoms with E-state index in [-0.39, 0.29) is 0 Å². The topological polar surface area (TPSA) is 52.6 Å². The monoisotopic (exact) mass is 296 g/mol. The molecule has 0 saturated heterocycles. The molecule has 0 spiro atoms. The number of hydrogen-bond acceptors (Lipinski definition) is 4. The molecule has 1 rings (SSSR count). The van der Waals surface area contributed by atoms with Gasteiger partial charge in [-0.1, -0.05) is 23.8 Å². The van der Waals surface area contributed by atoms with E-state index in [1.807, 2.05) is 0 Å². The molecule has 0 fully saturated rings. The quantitative estimate of drug-likeness (QED) is 0.441. The Hall–Kier alpha value is -1.65. The van der Waals surface area contributed by atoms with Gasteiger partial charge in [0.1, 0.15) is 6.10 Å². The minimum Gasteiger partial charge on any atom is -0.447 e. The van der Waals surface area contributed by atoms with E-state index >= 15 is 0 Å². The van der Waals surface area contributed by atoms with Gasteiger partial charge in [0, 0.05) is 7.11 Å². The molecule has 0 aliphatic carbocycles. The number of carbonyl (C=O) groups is 2. The minimum absolute atomic E-state index is 0.348. The normalized spacial score (nSPS) is 13.3. The Balaban J connectivity index is 2.84. The first-order valence-corrected chi connectivity index (χ1v) is 6.46. The molecule has 0 heterocycles. The molecule has 4 nitrogen and oxygen atoms in total. The molecule has 5 heteroatoms. The molecule has 1 unspecified atom stereocenters. The van der Waals surface area contributed by atoms with E-state index in [0.29, 0.717) is 12.0 Å². The summed E-state index contributed by atoms with van der Waals surface area (Å²) in [7, 11) is 1.43. The summed E-state index contributed by atoms with van der Waals surface area (Å²) < 4.78 is 10.3.